The van der Waals surface area contributed by atoms with E-state index in [1.165, 1.54) is 42.5 Å². The highest BCUT2D eigenvalue weighted by molar-refractivity contribution is 5.32. The molecule has 0 aliphatic carbocycles. The Kier molecular flexibility index (Phi) is 5.00. The Hall–Kier alpha value is -0.860. The molecule has 1 heterocycles. The second-order valence-corrected chi connectivity index (χ2v) is 6.12. The number of likely N-dealkylation sites (tertiary alicyclic amines) is 1. The first-order valence-corrected chi connectivity index (χ1v) is 7.58. The maximum Gasteiger partial charge on any atom is 0.0295 e. The van der Waals surface area contributed by atoms with Crippen LogP contribution in [0.5, 0.6) is 0 Å². The normalized spacial score (nSPS) is 22.4. The van der Waals surface area contributed by atoms with Crippen molar-refractivity contribution >= 4 is 0 Å². The van der Waals surface area contributed by atoms with Crippen LogP contribution in [0.3, 0.4) is 0 Å². The number of nitrogens with one attached hydrogen (secondary N) is 1. The molecule has 1 N–H and O–H groups in total. The molecule has 0 radical (unpaired) electrons. The Morgan fingerprint density at radius 2 is 2.11 bits per heavy atom. The van der Waals surface area contributed by atoms with Gasteiger partial charge in [0, 0.05) is 18.6 Å². The minimum absolute atomic E-state index is 0.440. The van der Waals surface area contributed by atoms with Crippen molar-refractivity contribution in [3.8, 4) is 0 Å². The van der Waals surface area contributed by atoms with Crippen molar-refractivity contribution in [1.82, 2.24) is 10.2 Å². The molecule has 1 fully saturated rings. The molecule has 1 aromatic carbocycles. The average Bonchev–Trinajstić information content (AvgIpc) is 2.40. The number of hydrogen-bond donors (Lipinski definition) is 1. The number of benzene rings is 1. The molecule has 0 aromatic heterocycles. The Morgan fingerprint density at radius 3 is 2.84 bits per heavy atom. The summed E-state index contributed by atoms with van der Waals surface area (Å²) < 4.78 is 0. The SMILES string of the molecule is Cc1ccc(C)c(C(C)NCC2CCCCN2C)c1. The van der Waals surface area contributed by atoms with Crippen LogP contribution in [0.1, 0.15) is 48.9 Å². The predicted molar refractivity (Wildman–Crippen MR) is 82.6 cm³/mol. The second-order valence-electron chi connectivity index (χ2n) is 6.12. The van der Waals surface area contributed by atoms with Gasteiger partial charge in [0.2, 0.25) is 0 Å². The van der Waals surface area contributed by atoms with Crippen molar-refractivity contribution in [2.45, 2.75) is 52.1 Å². The number of hydrogen-bond acceptors (Lipinski definition) is 2. The number of aryl methyl sites for hydroxylation is 2. The van der Waals surface area contributed by atoms with E-state index in [9.17, 15) is 0 Å². The Balaban J connectivity index is 1.93. The van der Waals surface area contributed by atoms with E-state index in [-0.39, 0.29) is 0 Å². The Bertz CT molecular complexity index is 414. The molecule has 1 saturated heterocycles. The van der Waals surface area contributed by atoms with Gasteiger partial charge in [0.1, 0.15) is 0 Å². The number of nitrogens with zero attached hydrogens (tertiary/aromatic N) is 1. The van der Waals surface area contributed by atoms with Gasteiger partial charge in [-0.1, -0.05) is 30.2 Å². The molecule has 0 saturated carbocycles. The van der Waals surface area contributed by atoms with Crippen LogP contribution in [0, 0.1) is 13.8 Å². The summed E-state index contributed by atoms with van der Waals surface area (Å²) in [5, 5.41) is 3.73. The van der Waals surface area contributed by atoms with Crippen molar-refractivity contribution in [2.24, 2.45) is 0 Å². The number of rotatable bonds is 4. The van der Waals surface area contributed by atoms with Gasteiger partial charge < -0.3 is 10.2 Å². The maximum atomic E-state index is 3.73. The quantitative estimate of drug-likeness (QED) is 0.892. The highest BCUT2D eigenvalue weighted by atomic mass is 15.2. The fraction of sp³-hybridized carbons (Fsp3) is 0.647. The number of piperidine rings is 1. The summed E-state index contributed by atoms with van der Waals surface area (Å²) in [7, 11) is 2.26. The monoisotopic (exact) mass is 260 g/mol. The lowest BCUT2D eigenvalue weighted by atomic mass is 9.98. The van der Waals surface area contributed by atoms with Crippen molar-refractivity contribution in [1.29, 1.82) is 0 Å². The molecule has 19 heavy (non-hydrogen) atoms. The minimum Gasteiger partial charge on any atom is -0.309 e. The van der Waals surface area contributed by atoms with Crippen LogP contribution in [0.25, 0.3) is 0 Å². The van der Waals surface area contributed by atoms with Crippen LogP contribution in [0.15, 0.2) is 18.2 Å². The van der Waals surface area contributed by atoms with Gasteiger partial charge in [-0.15, -0.1) is 0 Å². The van der Waals surface area contributed by atoms with Crippen LogP contribution in [-0.2, 0) is 0 Å². The highest BCUT2D eigenvalue weighted by Crippen LogP contribution is 2.20. The summed E-state index contributed by atoms with van der Waals surface area (Å²) in [6, 6.07) is 7.89. The fourth-order valence-electron chi connectivity index (χ4n) is 3.05. The van der Waals surface area contributed by atoms with Crippen molar-refractivity contribution < 1.29 is 0 Å². The largest absolute Gasteiger partial charge is 0.309 e. The summed E-state index contributed by atoms with van der Waals surface area (Å²) >= 11 is 0. The molecule has 2 rings (SSSR count). The molecule has 2 heteroatoms. The van der Waals surface area contributed by atoms with Gasteiger partial charge in [-0.05, 0) is 58.3 Å². The van der Waals surface area contributed by atoms with E-state index in [0.29, 0.717) is 12.1 Å². The molecule has 0 spiro atoms. The van der Waals surface area contributed by atoms with E-state index in [4.69, 9.17) is 0 Å². The minimum atomic E-state index is 0.440. The zero-order chi connectivity index (χ0) is 13.8. The molecule has 2 nitrogen and oxygen atoms in total. The third kappa shape index (κ3) is 3.80. The molecule has 106 valence electrons. The average molecular weight is 260 g/mol. The van der Waals surface area contributed by atoms with E-state index in [0.717, 1.165) is 6.54 Å². The fourth-order valence-corrected chi connectivity index (χ4v) is 3.05. The van der Waals surface area contributed by atoms with Gasteiger partial charge in [0.15, 0.2) is 0 Å². The van der Waals surface area contributed by atoms with Gasteiger partial charge in [0.05, 0.1) is 0 Å². The molecule has 2 unspecified atom stereocenters. The molecular weight excluding hydrogens is 232 g/mol. The lowest BCUT2D eigenvalue weighted by Crippen LogP contribution is -2.43. The lowest BCUT2D eigenvalue weighted by Gasteiger charge is -2.33. The molecule has 0 bridgehead atoms. The molecular formula is C17H28N2. The topological polar surface area (TPSA) is 15.3 Å². The van der Waals surface area contributed by atoms with Crippen LogP contribution in [-0.4, -0.2) is 31.1 Å². The molecule has 1 aromatic rings. The molecule has 0 amide bonds. The van der Waals surface area contributed by atoms with Crippen molar-refractivity contribution in [2.75, 3.05) is 20.1 Å². The van der Waals surface area contributed by atoms with Crippen LogP contribution in [0.4, 0.5) is 0 Å². The van der Waals surface area contributed by atoms with E-state index in [1.54, 1.807) is 0 Å². The van der Waals surface area contributed by atoms with Crippen LogP contribution >= 0.6 is 0 Å². The summed E-state index contributed by atoms with van der Waals surface area (Å²) in [4.78, 5) is 2.51. The summed E-state index contributed by atoms with van der Waals surface area (Å²) in [6.45, 7) is 9.02. The van der Waals surface area contributed by atoms with Crippen molar-refractivity contribution in [3.63, 3.8) is 0 Å². The van der Waals surface area contributed by atoms with Gasteiger partial charge in [0.25, 0.3) is 0 Å². The zero-order valence-electron chi connectivity index (χ0n) is 12.9. The van der Waals surface area contributed by atoms with E-state index < -0.39 is 0 Å². The van der Waals surface area contributed by atoms with Gasteiger partial charge in [-0.3, -0.25) is 0 Å². The van der Waals surface area contributed by atoms with E-state index in [2.05, 4.69) is 56.2 Å². The first-order chi connectivity index (χ1) is 9.08. The third-order valence-corrected chi connectivity index (χ3v) is 4.48. The van der Waals surface area contributed by atoms with Gasteiger partial charge in [-0.2, -0.15) is 0 Å². The lowest BCUT2D eigenvalue weighted by molar-refractivity contribution is 0.178. The summed E-state index contributed by atoms with van der Waals surface area (Å²) in [5.74, 6) is 0. The van der Waals surface area contributed by atoms with Crippen LogP contribution in [0.2, 0.25) is 0 Å². The highest BCUT2D eigenvalue weighted by Gasteiger charge is 2.19. The second kappa shape index (κ2) is 6.53. The van der Waals surface area contributed by atoms with Crippen molar-refractivity contribution in [3.05, 3.63) is 34.9 Å². The molecule has 1 aliphatic heterocycles. The summed E-state index contributed by atoms with van der Waals surface area (Å²) in [6.07, 6.45) is 4.08. The Morgan fingerprint density at radius 1 is 1.32 bits per heavy atom. The van der Waals surface area contributed by atoms with E-state index in [1.807, 2.05) is 0 Å². The maximum absolute atomic E-state index is 3.73. The Labute approximate surface area is 118 Å². The number of likely N-dealkylation sites (N-methyl/N-ethyl adjacent to an activating group) is 1. The summed E-state index contributed by atoms with van der Waals surface area (Å²) in [5.41, 5.74) is 4.19. The predicted octanol–water partition coefficient (Wildman–Crippen LogP) is 3.44. The smallest absolute Gasteiger partial charge is 0.0295 e. The van der Waals surface area contributed by atoms with Gasteiger partial charge in [-0.25, -0.2) is 0 Å². The van der Waals surface area contributed by atoms with Crippen LogP contribution < -0.4 is 5.32 Å². The zero-order valence-corrected chi connectivity index (χ0v) is 12.9. The standard InChI is InChI=1S/C17H28N2/c1-13-8-9-14(2)17(11-13)15(3)18-12-16-7-5-6-10-19(16)4/h8-9,11,15-16,18H,5-7,10,12H2,1-4H3. The van der Waals surface area contributed by atoms with E-state index >= 15 is 0 Å². The van der Waals surface area contributed by atoms with Gasteiger partial charge >= 0.3 is 0 Å². The third-order valence-electron chi connectivity index (χ3n) is 4.48. The molecule has 2 atom stereocenters. The molecule has 1 aliphatic rings. The first-order valence-electron chi connectivity index (χ1n) is 7.58. The first kappa shape index (κ1) is 14.5.